The van der Waals surface area contributed by atoms with Gasteiger partial charge in [-0.15, -0.1) is 0 Å². The molecule has 0 atom stereocenters. The van der Waals surface area contributed by atoms with Gasteiger partial charge in [-0.2, -0.15) is 0 Å². The molecule has 82 valence electrons. The Labute approximate surface area is 96.1 Å². The molecule has 16 heavy (non-hydrogen) atoms. The zero-order valence-electron chi connectivity index (χ0n) is 9.91. The van der Waals surface area contributed by atoms with Crippen LogP contribution in [0.1, 0.15) is 16.7 Å². The third kappa shape index (κ3) is 1.91. The summed E-state index contributed by atoms with van der Waals surface area (Å²) in [5.74, 6) is 0.595. The molecule has 0 unspecified atom stereocenters. The molecule has 2 heteroatoms. The van der Waals surface area contributed by atoms with E-state index in [-0.39, 0.29) is 0 Å². The van der Waals surface area contributed by atoms with Gasteiger partial charge in [-0.05, 0) is 43.5 Å². The van der Waals surface area contributed by atoms with Crippen molar-refractivity contribution in [1.82, 2.24) is 4.98 Å². The molecule has 1 heterocycles. The lowest BCUT2D eigenvalue weighted by Gasteiger charge is -2.10. The second kappa shape index (κ2) is 3.97. The SMILES string of the molecule is Cc1ccc(-c2cc(C)cnc2N)c(C)c1. The molecule has 2 N–H and O–H groups in total. The van der Waals surface area contributed by atoms with E-state index in [2.05, 4.69) is 43.1 Å². The normalized spacial score (nSPS) is 10.4. The van der Waals surface area contributed by atoms with Crippen LogP contribution >= 0.6 is 0 Å². The molecule has 0 spiro atoms. The van der Waals surface area contributed by atoms with Crippen LogP contribution in [0.4, 0.5) is 5.82 Å². The number of hydrogen-bond donors (Lipinski definition) is 1. The van der Waals surface area contributed by atoms with Crippen molar-refractivity contribution in [2.24, 2.45) is 0 Å². The quantitative estimate of drug-likeness (QED) is 0.788. The highest BCUT2D eigenvalue weighted by molar-refractivity contribution is 5.76. The van der Waals surface area contributed by atoms with Crippen molar-refractivity contribution in [3.05, 3.63) is 47.2 Å². The summed E-state index contributed by atoms with van der Waals surface area (Å²) >= 11 is 0. The number of nitrogens with zero attached hydrogens (tertiary/aromatic N) is 1. The minimum Gasteiger partial charge on any atom is -0.383 e. The van der Waals surface area contributed by atoms with E-state index >= 15 is 0 Å². The van der Waals surface area contributed by atoms with Crippen LogP contribution in [-0.4, -0.2) is 4.98 Å². The maximum atomic E-state index is 5.92. The van der Waals surface area contributed by atoms with Gasteiger partial charge in [0, 0.05) is 11.8 Å². The smallest absolute Gasteiger partial charge is 0.131 e. The van der Waals surface area contributed by atoms with Gasteiger partial charge >= 0.3 is 0 Å². The third-order valence-electron chi connectivity index (χ3n) is 2.73. The zero-order chi connectivity index (χ0) is 11.7. The molecule has 2 nitrogen and oxygen atoms in total. The second-order valence-electron chi connectivity index (χ2n) is 4.26. The number of benzene rings is 1. The van der Waals surface area contributed by atoms with E-state index in [1.165, 1.54) is 16.7 Å². The lowest BCUT2D eigenvalue weighted by molar-refractivity contribution is 1.27. The highest BCUT2D eigenvalue weighted by Gasteiger charge is 2.06. The molecule has 0 fully saturated rings. The predicted molar refractivity (Wildman–Crippen MR) is 68.3 cm³/mol. The van der Waals surface area contributed by atoms with Crippen molar-refractivity contribution in [2.45, 2.75) is 20.8 Å². The molecule has 0 aliphatic heterocycles. The Morgan fingerprint density at radius 1 is 0.938 bits per heavy atom. The van der Waals surface area contributed by atoms with Crippen LogP contribution in [0.15, 0.2) is 30.5 Å². The molecule has 0 bridgehead atoms. The van der Waals surface area contributed by atoms with Crippen LogP contribution in [0.3, 0.4) is 0 Å². The van der Waals surface area contributed by atoms with Crippen molar-refractivity contribution >= 4 is 5.82 Å². The minimum atomic E-state index is 0.595. The summed E-state index contributed by atoms with van der Waals surface area (Å²) < 4.78 is 0. The fourth-order valence-electron chi connectivity index (χ4n) is 1.91. The van der Waals surface area contributed by atoms with Gasteiger partial charge in [0.15, 0.2) is 0 Å². The third-order valence-corrected chi connectivity index (χ3v) is 2.73. The van der Waals surface area contributed by atoms with Crippen molar-refractivity contribution in [3.63, 3.8) is 0 Å². The van der Waals surface area contributed by atoms with Crippen molar-refractivity contribution in [2.75, 3.05) is 5.73 Å². The van der Waals surface area contributed by atoms with Crippen molar-refractivity contribution < 1.29 is 0 Å². The summed E-state index contributed by atoms with van der Waals surface area (Å²) in [4.78, 5) is 4.20. The number of pyridine rings is 1. The summed E-state index contributed by atoms with van der Waals surface area (Å²) in [6.07, 6.45) is 1.79. The Morgan fingerprint density at radius 2 is 1.69 bits per heavy atom. The average Bonchev–Trinajstić information content (AvgIpc) is 2.22. The van der Waals surface area contributed by atoms with E-state index < -0.39 is 0 Å². The fraction of sp³-hybridized carbons (Fsp3) is 0.214. The molecule has 0 saturated carbocycles. The standard InChI is InChI=1S/C14H16N2/c1-9-4-5-12(11(3)6-9)13-7-10(2)8-16-14(13)15/h4-8H,1-3H3,(H2,15,16). The van der Waals surface area contributed by atoms with Gasteiger partial charge in [-0.25, -0.2) is 4.98 Å². The van der Waals surface area contributed by atoms with Gasteiger partial charge in [-0.1, -0.05) is 23.8 Å². The van der Waals surface area contributed by atoms with E-state index in [9.17, 15) is 0 Å². The predicted octanol–water partition coefficient (Wildman–Crippen LogP) is 3.26. The van der Waals surface area contributed by atoms with Gasteiger partial charge in [0.05, 0.1) is 0 Å². The molecule has 0 saturated heterocycles. The lowest BCUT2D eigenvalue weighted by Crippen LogP contribution is -1.96. The van der Waals surface area contributed by atoms with Gasteiger partial charge in [0.2, 0.25) is 0 Å². The Bertz CT molecular complexity index is 530. The Kier molecular flexibility index (Phi) is 2.65. The summed E-state index contributed by atoms with van der Waals surface area (Å²) in [6, 6.07) is 8.46. The van der Waals surface area contributed by atoms with Gasteiger partial charge < -0.3 is 5.73 Å². The number of nitrogens with two attached hydrogens (primary N) is 1. The average molecular weight is 212 g/mol. The van der Waals surface area contributed by atoms with Gasteiger partial charge in [0.1, 0.15) is 5.82 Å². The summed E-state index contributed by atoms with van der Waals surface area (Å²) in [7, 11) is 0. The molecule has 1 aromatic heterocycles. The lowest BCUT2D eigenvalue weighted by atomic mass is 9.98. The van der Waals surface area contributed by atoms with E-state index in [0.29, 0.717) is 5.82 Å². The number of anilines is 1. The van der Waals surface area contributed by atoms with Crippen LogP contribution in [-0.2, 0) is 0 Å². The Morgan fingerprint density at radius 3 is 2.38 bits per heavy atom. The van der Waals surface area contributed by atoms with Crippen LogP contribution in [0.25, 0.3) is 11.1 Å². The number of rotatable bonds is 1. The van der Waals surface area contributed by atoms with E-state index in [4.69, 9.17) is 5.73 Å². The molecular weight excluding hydrogens is 196 g/mol. The molecule has 0 radical (unpaired) electrons. The Balaban J connectivity index is 2.62. The molecule has 0 amide bonds. The van der Waals surface area contributed by atoms with Crippen LogP contribution < -0.4 is 5.73 Å². The minimum absolute atomic E-state index is 0.595. The van der Waals surface area contributed by atoms with Crippen LogP contribution in [0.5, 0.6) is 0 Å². The molecule has 0 aliphatic carbocycles. The molecule has 2 aromatic rings. The highest BCUT2D eigenvalue weighted by atomic mass is 14.8. The molecule has 0 aliphatic rings. The molecule has 2 rings (SSSR count). The van der Waals surface area contributed by atoms with E-state index in [0.717, 1.165) is 11.1 Å². The first-order valence-corrected chi connectivity index (χ1v) is 5.37. The largest absolute Gasteiger partial charge is 0.383 e. The first-order chi connectivity index (χ1) is 7.58. The van der Waals surface area contributed by atoms with Crippen molar-refractivity contribution in [1.29, 1.82) is 0 Å². The van der Waals surface area contributed by atoms with Gasteiger partial charge in [0.25, 0.3) is 0 Å². The molecule has 1 aromatic carbocycles. The highest BCUT2D eigenvalue weighted by Crippen LogP contribution is 2.28. The summed E-state index contributed by atoms with van der Waals surface area (Å²) in [6.45, 7) is 6.22. The maximum absolute atomic E-state index is 5.92. The van der Waals surface area contributed by atoms with Gasteiger partial charge in [-0.3, -0.25) is 0 Å². The van der Waals surface area contributed by atoms with Crippen LogP contribution in [0.2, 0.25) is 0 Å². The van der Waals surface area contributed by atoms with E-state index in [1.54, 1.807) is 6.20 Å². The number of nitrogen functional groups attached to an aromatic ring is 1. The number of hydrogen-bond acceptors (Lipinski definition) is 2. The van der Waals surface area contributed by atoms with E-state index in [1.807, 2.05) is 6.92 Å². The first kappa shape index (κ1) is 10.7. The van der Waals surface area contributed by atoms with Crippen molar-refractivity contribution in [3.8, 4) is 11.1 Å². The fourth-order valence-corrected chi connectivity index (χ4v) is 1.91. The summed E-state index contributed by atoms with van der Waals surface area (Å²) in [5, 5.41) is 0. The maximum Gasteiger partial charge on any atom is 0.131 e. The topological polar surface area (TPSA) is 38.9 Å². The number of aryl methyl sites for hydroxylation is 3. The molecular formula is C14H16N2. The first-order valence-electron chi connectivity index (χ1n) is 5.37. The number of aromatic nitrogens is 1. The monoisotopic (exact) mass is 212 g/mol. The van der Waals surface area contributed by atoms with Crippen LogP contribution in [0, 0.1) is 20.8 Å². The zero-order valence-corrected chi connectivity index (χ0v) is 9.91. The second-order valence-corrected chi connectivity index (χ2v) is 4.26. The summed E-state index contributed by atoms with van der Waals surface area (Å²) in [5.41, 5.74) is 11.7. The Hall–Kier alpha value is -1.83.